The second-order valence-electron chi connectivity index (χ2n) is 4.63. The number of halogens is 3. The van der Waals surface area contributed by atoms with E-state index in [0.29, 0.717) is 24.1 Å². The molecule has 120 valence electrons. The number of hydrogen-bond donors (Lipinski definition) is 1. The maximum atomic E-state index is 13.1. The summed E-state index contributed by atoms with van der Waals surface area (Å²) in [5, 5.41) is 4.59. The van der Waals surface area contributed by atoms with Crippen molar-refractivity contribution in [1.29, 1.82) is 0 Å². The van der Waals surface area contributed by atoms with Crippen LogP contribution in [-0.2, 0) is 16.6 Å². The number of benzene rings is 1. The van der Waals surface area contributed by atoms with Crippen LogP contribution in [-0.4, -0.2) is 24.7 Å². The lowest BCUT2D eigenvalue weighted by molar-refractivity contribution is 0.503. The lowest BCUT2D eigenvalue weighted by atomic mass is 10.3. The highest BCUT2D eigenvalue weighted by Crippen LogP contribution is 2.14. The summed E-state index contributed by atoms with van der Waals surface area (Å²) in [6, 6.07) is 2.44. The van der Waals surface area contributed by atoms with Crippen molar-refractivity contribution in [2.75, 3.05) is 6.54 Å². The molecule has 2 rings (SSSR count). The molecule has 0 unspecified atom stereocenters. The summed E-state index contributed by atoms with van der Waals surface area (Å²) in [5.74, 6) is -2.30. The molecule has 1 heterocycles. The molecule has 0 saturated heterocycles. The van der Waals surface area contributed by atoms with Crippen molar-refractivity contribution in [2.45, 2.75) is 24.8 Å². The third-order valence-electron chi connectivity index (χ3n) is 3.08. The standard InChI is InChI=1S/C13H14ClF2N3O2S/c1-9-11(14)8-17-19(9)6-2-5-18-22(20,21)10-3-4-12(15)13(16)7-10/h3-4,7-8,18H,2,5-6H2,1H3. The average molecular weight is 350 g/mol. The van der Waals surface area contributed by atoms with Crippen molar-refractivity contribution < 1.29 is 17.2 Å². The smallest absolute Gasteiger partial charge is 0.240 e. The van der Waals surface area contributed by atoms with Crippen LogP contribution in [0.25, 0.3) is 0 Å². The molecule has 0 saturated carbocycles. The van der Waals surface area contributed by atoms with Gasteiger partial charge in [-0.2, -0.15) is 5.10 Å². The van der Waals surface area contributed by atoms with Crippen LogP contribution in [0.5, 0.6) is 0 Å². The van der Waals surface area contributed by atoms with E-state index >= 15 is 0 Å². The Balaban J connectivity index is 1.92. The fourth-order valence-corrected chi connectivity index (χ4v) is 3.04. The Morgan fingerprint density at radius 3 is 2.64 bits per heavy atom. The number of hydrogen-bond acceptors (Lipinski definition) is 3. The summed E-state index contributed by atoms with van der Waals surface area (Å²) in [4.78, 5) is -0.315. The van der Waals surface area contributed by atoms with Gasteiger partial charge in [-0.25, -0.2) is 21.9 Å². The predicted molar refractivity (Wildman–Crippen MR) is 78.1 cm³/mol. The van der Waals surface area contributed by atoms with Crippen LogP contribution >= 0.6 is 11.6 Å². The third-order valence-corrected chi connectivity index (χ3v) is 4.91. The number of nitrogens with zero attached hydrogens (tertiary/aromatic N) is 2. The molecule has 0 aliphatic rings. The van der Waals surface area contributed by atoms with Gasteiger partial charge in [-0.1, -0.05) is 11.6 Å². The van der Waals surface area contributed by atoms with E-state index in [9.17, 15) is 17.2 Å². The van der Waals surface area contributed by atoms with Crippen LogP contribution in [0, 0.1) is 18.6 Å². The molecule has 0 aliphatic carbocycles. The number of rotatable bonds is 6. The molecule has 0 bridgehead atoms. The van der Waals surface area contributed by atoms with Crippen molar-refractivity contribution in [1.82, 2.24) is 14.5 Å². The van der Waals surface area contributed by atoms with Crippen LogP contribution in [0.1, 0.15) is 12.1 Å². The first-order valence-electron chi connectivity index (χ1n) is 6.44. The van der Waals surface area contributed by atoms with Crippen molar-refractivity contribution in [3.05, 3.63) is 46.7 Å². The van der Waals surface area contributed by atoms with Crippen molar-refractivity contribution in [2.24, 2.45) is 0 Å². The molecule has 9 heteroatoms. The minimum absolute atomic E-state index is 0.137. The highest BCUT2D eigenvalue weighted by atomic mass is 35.5. The average Bonchev–Trinajstić information content (AvgIpc) is 2.78. The summed E-state index contributed by atoms with van der Waals surface area (Å²) in [7, 11) is -3.87. The Morgan fingerprint density at radius 2 is 2.05 bits per heavy atom. The van der Waals surface area contributed by atoms with Crippen LogP contribution in [0.4, 0.5) is 8.78 Å². The molecular weight excluding hydrogens is 336 g/mol. The second kappa shape index (κ2) is 6.72. The summed E-state index contributed by atoms with van der Waals surface area (Å²) in [6.07, 6.45) is 1.99. The van der Waals surface area contributed by atoms with E-state index in [0.717, 1.165) is 17.8 Å². The Bertz CT molecular complexity index is 778. The van der Waals surface area contributed by atoms with Gasteiger partial charge in [0.1, 0.15) is 0 Å². The lowest BCUT2D eigenvalue weighted by Gasteiger charge is -2.08. The Hall–Kier alpha value is -1.51. The van der Waals surface area contributed by atoms with Gasteiger partial charge >= 0.3 is 0 Å². The predicted octanol–water partition coefficient (Wildman–Crippen LogP) is 2.49. The fourth-order valence-electron chi connectivity index (χ4n) is 1.81. The summed E-state index contributed by atoms with van der Waals surface area (Å²) in [6.45, 7) is 2.43. The molecule has 0 aliphatic heterocycles. The van der Waals surface area contributed by atoms with Crippen LogP contribution in [0.3, 0.4) is 0 Å². The SMILES string of the molecule is Cc1c(Cl)cnn1CCCNS(=O)(=O)c1ccc(F)c(F)c1. The van der Waals surface area contributed by atoms with E-state index in [-0.39, 0.29) is 11.4 Å². The molecule has 2 aromatic rings. The molecule has 1 aromatic heterocycles. The number of sulfonamides is 1. The van der Waals surface area contributed by atoms with E-state index < -0.39 is 21.7 Å². The van der Waals surface area contributed by atoms with Crippen molar-refractivity contribution in [3.8, 4) is 0 Å². The molecule has 5 nitrogen and oxygen atoms in total. The van der Waals surface area contributed by atoms with E-state index in [4.69, 9.17) is 11.6 Å². The maximum absolute atomic E-state index is 13.1. The van der Waals surface area contributed by atoms with Crippen LogP contribution < -0.4 is 4.72 Å². The minimum atomic E-state index is -3.87. The van der Waals surface area contributed by atoms with Crippen LogP contribution in [0.15, 0.2) is 29.3 Å². The topological polar surface area (TPSA) is 64.0 Å². The summed E-state index contributed by atoms with van der Waals surface area (Å²) < 4.78 is 53.7. The zero-order valence-electron chi connectivity index (χ0n) is 11.7. The zero-order chi connectivity index (χ0) is 16.3. The van der Waals surface area contributed by atoms with Crippen molar-refractivity contribution >= 4 is 21.6 Å². The number of nitrogens with one attached hydrogen (secondary N) is 1. The molecule has 0 atom stereocenters. The highest BCUT2D eigenvalue weighted by Gasteiger charge is 2.16. The Morgan fingerprint density at radius 1 is 1.32 bits per heavy atom. The largest absolute Gasteiger partial charge is 0.268 e. The van der Waals surface area contributed by atoms with Gasteiger partial charge < -0.3 is 0 Å². The molecule has 0 radical (unpaired) electrons. The molecule has 0 fully saturated rings. The summed E-state index contributed by atoms with van der Waals surface area (Å²) in [5.41, 5.74) is 0.796. The van der Waals surface area contributed by atoms with Gasteiger partial charge in [-0.15, -0.1) is 0 Å². The Kier molecular flexibility index (Phi) is 5.15. The van der Waals surface area contributed by atoms with E-state index in [1.807, 2.05) is 0 Å². The summed E-state index contributed by atoms with van der Waals surface area (Å²) >= 11 is 5.86. The highest BCUT2D eigenvalue weighted by molar-refractivity contribution is 7.89. The molecule has 0 spiro atoms. The molecule has 1 N–H and O–H groups in total. The zero-order valence-corrected chi connectivity index (χ0v) is 13.3. The minimum Gasteiger partial charge on any atom is -0.268 e. The van der Waals surface area contributed by atoms with E-state index in [1.165, 1.54) is 6.20 Å². The van der Waals surface area contributed by atoms with E-state index in [1.54, 1.807) is 11.6 Å². The van der Waals surface area contributed by atoms with Crippen LogP contribution in [0.2, 0.25) is 5.02 Å². The monoisotopic (exact) mass is 349 g/mol. The van der Waals surface area contributed by atoms with Gasteiger partial charge in [-0.3, -0.25) is 4.68 Å². The second-order valence-corrected chi connectivity index (χ2v) is 6.80. The normalized spacial score (nSPS) is 11.8. The first-order chi connectivity index (χ1) is 10.3. The quantitative estimate of drug-likeness (QED) is 0.815. The lowest BCUT2D eigenvalue weighted by Crippen LogP contribution is -2.26. The third kappa shape index (κ3) is 3.82. The van der Waals surface area contributed by atoms with Gasteiger partial charge in [0.15, 0.2) is 11.6 Å². The molecule has 0 amide bonds. The number of aryl methyl sites for hydroxylation is 1. The van der Waals surface area contributed by atoms with Gasteiger partial charge in [0.2, 0.25) is 10.0 Å². The first-order valence-corrected chi connectivity index (χ1v) is 8.30. The Labute approximate surface area is 132 Å². The first kappa shape index (κ1) is 16.9. The molecule has 1 aromatic carbocycles. The molecular formula is C13H14ClF2N3O2S. The van der Waals surface area contributed by atoms with Gasteiger partial charge in [0.05, 0.1) is 21.8 Å². The van der Waals surface area contributed by atoms with Gasteiger partial charge in [-0.05, 0) is 31.5 Å². The van der Waals surface area contributed by atoms with Crippen molar-refractivity contribution in [3.63, 3.8) is 0 Å². The molecule has 22 heavy (non-hydrogen) atoms. The fraction of sp³-hybridized carbons (Fsp3) is 0.308. The maximum Gasteiger partial charge on any atom is 0.240 e. The van der Waals surface area contributed by atoms with Gasteiger partial charge in [0, 0.05) is 13.1 Å². The van der Waals surface area contributed by atoms with E-state index in [2.05, 4.69) is 9.82 Å². The van der Waals surface area contributed by atoms with Gasteiger partial charge in [0.25, 0.3) is 0 Å². The number of aromatic nitrogens is 2.